The highest BCUT2D eigenvalue weighted by atomic mass is 32.2. The summed E-state index contributed by atoms with van der Waals surface area (Å²) >= 11 is 0.948. The standard InChI is InChI=1S/C19H19F3N2O2S/c1-13-7-9-15(10-8-13)23-16(25)11-27-12-17(26)24-18(19(20,21)22)14-5-3-2-4-6-14/h2-10,18H,11-12H2,1H3,(H,23,25)(H,24,26). The summed E-state index contributed by atoms with van der Waals surface area (Å²) in [4.78, 5) is 23.7. The van der Waals surface area contributed by atoms with E-state index in [4.69, 9.17) is 0 Å². The van der Waals surface area contributed by atoms with Gasteiger partial charge in [0.2, 0.25) is 11.8 Å². The number of carbonyl (C=O) groups excluding carboxylic acids is 2. The first-order valence-electron chi connectivity index (χ1n) is 8.11. The molecule has 0 aliphatic carbocycles. The number of benzene rings is 2. The van der Waals surface area contributed by atoms with E-state index in [1.165, 1.54) is 24.3 Å². The Hall–Kier alpha value is -2.48. The molecule has 2 N–H and O–H groups in total. The molecule has 2 aromatic carbocycles. The zero-order valence-electron chi connectivity index (χ0n) is 14.5. The minimum absolute atomic E-state index is 0.0384. The van der Waals surface area contributed by atoms with Crippen molar-refractivity contribution in [2.45, 2.75) is 19.1 Å². The molecule has 0 aromatic heterocycles. The van der Waals surface area contributed by atoms with Crippen LogP contribution in [-0.4, -0.2) is 29.5 Å². The third-order valence-electron chi connectivity index (χ3n) is 3.57. The fourth-order valence-corrected chi connectivity index (χ4v) is 2.90. The largest absolute Gasteiger partial charge is 0.412 e. The fourth-order valence-electron chi connectivity index (χ4n) is 2.27. The van der Waals surface area contributed by atoms with Crippen LogP contribution in [-0.2, 0) is 9.59 Å². The van der Waals surface area contributed by atoms with Gasteiger partial charge in [0, 0.05) is 5.69 Å². The van der Waals surface area contributed by atoms with Gasteiger partial charge in [0.25, 0.3) is 0 Å². The summed E-state index contributed by atoms with van der Waals surface area (Å²) < 4.78 is 39.6. The number of hydrogen-bond acceptors (Lipinski definition) is 3. The lowest BCUT2D eigenvalue weighted by Crippen LogP contribution is -2.39. The maximum absolute atomic E-state index is 13.2. The van der Waals surface area contributed by atoms with E-state index >= 15 is 0 Å². The lowest BCUT2D eigenvalue weighted by Gasteiger charge is -2.22. The fraction of sp³-hybridized carbons (Fsp3) is 0.263. The summed E-state index contributed by atoms with van der Waals surface area (Å²) in [6, 6.07) is 12.3. The molecule has 27 heavy (non-hydrogen) atoms. The monoisotopic (exact) mass is 396 g/mol. The maximum atomic E-state index is 13.2. The lowest BCUT2D eigenvalue weighted by atomic mass is 10.1. The van der Waals surface area contributed by atoms with E-state index in [-0.39, 0.29) is 23.0 Å². The van der Waals surface area contributed by atoms with Crippen LogP contribution in [0.4, 0.5) is 18.9 Å². The molecule has 0 fully saturated rings. The predicted octanol–water partition coefficient (Wildman–Crippen LogP) is 4.09. The SMILES string of the molecule is Cc1ccc(NC(=O)CSCC(=O)NC(c2ccccc2)C(F)(F)F)cc1. The molecule has 0 bridgehead atoms. The number of hydrogen-bond donors (Lipinski definition) is 2. The quantitative estimate of drug-likeness (QED) is 0.741. The van der Waals surface area contributed by atoms with Gasteiger partial charge in [-0.25, -0.2) is 0 Å². The lowest BCUT2D eigenvalue weighted by molar-refractivity contribution is -0.162. The summed E-state index contributed by atoms with van der Waals surface area (Å²) in [7, 11) is 0. The van der Waals surface area contributed by atoms with Gasteiger partial charge < -0.3 is 10.6 Å². The van der Waals surface area contributed by atoms with Crippen molar-refractivity contribution in [1.82, 2.24) is 5.32 Å². The van der Waals surface area contributed by atoms with Gasteiger partial charge in [0.15, 0.2) is 6.04 Å². The first-order valence-corrected chi connectivity index (χ1v) is 9.26. The molecule has 0 aliphatic rings. The summed E-state index contributed by atoms with van der Waals surface area (Å²) in [6.07, 6.45) is -4.61. The highest BCUT2D eigenvalue weighted by Gasteiger charge is 2.41. The zero-order chi connectivity index (χ0) is 19.9. The number of thioether (sulfide) groups is 1. The van der Waals surface area contributed by atoms with E-state index in [1.54, 1.807) is 18.2 Å². The van der Waals surface area contributed by atoms with Crippen LogP contribution in [0.1, 0.15) is 17.2 Å². The molecule has 0 saturated heterocycles. The topological polar surface area (TPSA) is 58.2 Å². The minimum Gasteiger partial charge on any atom is -0.340 e. The van der Waals surface area contributed by atoms with Crippen molar-refractivity contribution in [2.24, 2.45) is 0 Å². The van der Waals surface area contributed by atoms with Crippen LogP contribution in [0.15, 0.2) is 54.6 Å². The predicted molar refractivity (Wildman–Crippen MR) is 101 cm³/mol. The van der Waals surface area contributed by atoms with Crippen LogP contribution in [0.5, 0.6) is 0 Å². The van der Waals surface area contributed by atoms with Crippen molar-refractivity contribution in [3.63, 3.8) is 0 Å². The van der Waals surface area contributed by atoms with Gasteiger partial charge in [-0.15, -0.1) is 11.8 Å². The summed E-state index contributed by atoms with van der Waals surface area (Å²) in [5.74, 6) is -1.40. The van der Waals surface area contributed by atoms with Crippen molar-refractivity contribution in [1.29, 1.82) is 0 Å². The van der Waals surface area contributed by atoms with Gasteiger partial charge in [-0.2, -0.15) is 13.2 Å². The molecule has 8 heteroatoms. The Kier molecular flexibility index (Phi) is 7.29. The van der Waals surface area contributed by atoms with E-state index < -0.39 is 18.1 Å². The zero-order valence-corrected chi connectivity index (χ0v) is 15.4. The van der Waals surface area contributed by atoms with Gasteiger partial charge in [-0.1, -0.05) is 48.0 Å². The Balaban J connectivity index is 1.82. The highest BCUT2D eigenvalue weighted by Crippen LogP contribution is 2.32. The third-order valence-corrected chi connectivity index (χ3v) is 4.50. The van der Waals surface area contributed by atoms with Crippen LogP contribution in [0.25, 0.3) is 0 Å². The van der Waals surface area contributed by atoms with Crippen molar-refractivity contribution in [3.8, 4) is 0 Å². The molecule has 2 rings (SSSR count). The van der Waals surface area contributed by atoms with E-state index in [0.717, 1.165) is 17.3 Å². The number of aryl methyl sites for hydroxylation is 1. The molecule has 2 aromatic rings. The summed E-state index contributed by atoms with van der Waals surface area (Å²) in [5.41, 5.74) is 1.63. The second kappa shape index (κ2) is 9.45. The highest BCUT2D eigenvalue weighted by molar-refractivity contribution is 8.00. The molecular formula is C19H19F3N2O2S. The second-order valence-electron chi connectivity index (χ2n) is 5.86. The van der Waals surface area contributed by atoms with Gasteiger partial charge in [0.1, 0.15) is 0 Å². The minimum atomic E-state index is -4.61. The van der Waals surface area contributed by atoms with Crippen molar-refractivity contribution >= 4 is 29.3 Å². The number of alkyl halides is 3. The smallest absolute Gasteiger partial charge is 0.340 e. The molecule has 144 valence electrons. The van der Waals surface area contributed by atoms with Crippen LogP contribution in [0, 0.1) is 6.92 Å². The van der Waals surface area contributed by atoms with Gasteiger partial charge in [-0.05, 0) is 24.6 Å². The first-order chi connectivity index (χ1) is 12.8. The number of amides is 2. The van der Waals surface area contributed by atoms with E-state index in [2.05, 4.69) is 5.32 Å². The van der Waals surface area contributed by atoms with E-state index in [1.807, 2.05) is 24.4 Å². The molecule has 1 atom stereocenters. The Morgan fingerprint density at radius 1 is 0.963 bits per heavy atom. The Labute approximate surface area is 159 Å². The molecule has 2 amide bonds. The van der Waals surface area contributed by atoms with Gasteiger partial charge in [-0.3, -0.25) is 9.59 Å². The van der Waals surface area contributed by atoms with Crippen molar-refractivity contribution < 1.29 is 22.8 Å². The Morgan fingerprint density at radius 2 is 1.56 bits per heavy atom. The molecule has 4 nitrogen and oxygen atoms in total. The van der Waals surface area contributed by atoms with Crippen LogP contribution >= 0.6 is 11.8 Å². The molecule has 0 radical (unpaired) electrons. The van der Waals surface area contributed by atoms with Crippen molar-refractivity contribution in [2.75, 3.05) is 16.8 Å². The average Bonchev–Trinajstić information content (AvgIpc) is 2.61. The second-order valence-corrected chi connectivity index (χ2v) is 6.85. The van der Waals surface area contributed by atoms with Crippen LogP contribution in [0.2, 0.25) is 0 Å². The van der Waals surface area contributed by atoms with E-state index in [9.17, 15) is 22.8 Å². The summed E-state index contributed by atoms with van der Waals surface area (Å²) in [6.45, 7) is 1.92. The van der Waals surface area contributed by atoms with Gasteiger partial charge >= 0.3 is 6.18 Å². The molecule has 0 aliphatic heterocycles. The average molecular weight is 396 g/mol. The normalized spacial score (nSPS) is 12.3. The first kappa shape index (κ1) is 20.8. The van der Waals surface area contributed by atoms with Crippen LogP contribution in [0.3, 0.4) is 0 Å². The summed E-state index contributed by atoms with van der Waals surface area (Å²) in [5, 5.41) is 4.65. The van der Waals surface area contributed by atoms with Crippen LogP contribution < -0.4 is 10.6 Å². The Bertz CT molecular complexity index is 765. The maximum Gasteiger partial charge on any atom is 0.412 e. The van der Waals surface area contributed by atoms with E-state index in [0.29, 0.717) is 5.69 Å². The number of carbonyl (C=O) groups is 2. The molecule has 0 saturated carbocycles. The molecule has 0 heterocycles. The molecule has 1 unspecified atom stereocenters. The number of rotatable bonds is 7. The third kappa shape index (κ3) is 6.97. The molecule has 0 spiro atoms. The number of halogens is 3. The van der Waals surface area contributed by atoms with Crippen molar-refractivity contribution in [3.05, 3.63) is 65.7 Å². The molecular weight excluding hydrogens is 377 g/mol. The van der Waals surface area contributed by atoms with Gasteiger partial charge in [0.05, 0.1) is 11.5 Å². The number of anilines is 1. The number of nitrogens with one attached hydrogen (secondary N) is 2. The Morgan fingerprint density at radius 3 is 2.15 bits per heavy atom.